The van der Waals surface area contributed by atoms with E-state index in [9.17, 15) is 9.90 Å². The summed E-state index contributed by atoms with van der Waals surface area (Å²) in [6, 6.07) is 7.49. The van der Waals surface area contributed by atoms with Gasteiger partial charge in [-0.05, 0) is 43.0 Å². The highest BCUT2D eigenvalue weighted by molar-refractivity contribution is 5.80. The standard InChI is InChI=1S/C14H20N2O3/c1-16(11-5-7-12(19-2)8-6-11)9-14(15,13(17)18)10-3-4-10/h5-8,10H,3-4,9,15H2,1-2H3,(H,17,18). The van der Waals surface area contributed by atoms with Gasteiger partial charge in [0.05, 0.1) is 7.11 Å². The third kappa shape index (κ3) is 2.81. The third-order valence-electron chi connectivity index (χ3n) is 3.72. The Morgan fingerprint density at radius 1 is 1.47 bits per heavy atom. The van der Waals surface area contributed by atoms with Crippen LogP contribution in [0.2, 0.25) is 0 Å². The highest BCUT2D eigenvalue weighted by Gasteiger charge is 2.48. The van der Waals surface area contributed by atoms with Crippen LogP contribution in [0.15, 0.2) is 24.3 Å². The lowest BCUT2D eigenvalue weighted by Crippen LogP contribution is -2.57. The van der Waals surface area contributed by atoms with Crippen molar-refractivity contribution >= 4 is 11.7 Å². The molecule has 19 heavy (non-hydrogen) atoms. The predicted molar refractivity (Wildman–Crippen MR) is 73.5 cm³/mol. The summed E-state index contributed by atoms with van der Waals surface area (Å²) < 4.78 is 5.10. The molecule has 0 heterocycles. The molecule has 1 saturated carbocycles. The van der Waals surface area contributed by atoms with E-state index in [1.54, 1.807) is 7.11 Å². The van der Waals surface area contributed by atoms with Crippen LogP contribution in [0.5, 0.6) is 5.75 Å². The maximum absolute atomic E-state index is 11.4. The van der Waals surface area contributed by atoms with Gasteiger partial charge in [-0.25, -0.2) is 0 Å². The first kappa shape index (κ1) is 13.7. The van der Waals surface area contributed by atoms with Gasteiger partial charge in [-0.15, -0.1) is 0 Å². The number of nitrogens with zero attached hydrogens (tertiary/aromatic N) is 1. The Balaban J connectivity index is 2.10. The number of hydrogen-bond acceptors (Lipinski definition) is 4. The lowest BCUT2D eigenvalue weighted by Gasteiger charge is -2.31. The minimum atomic E-state index is -1.16. The smallest absolute Gasteiger partial charge is 0.325 e. The van der Waals surface area contributed by atoms with Crippen LogP contribution in [0, 0.1) is 5.92 Å². The minimum absolute atomic E-state index is 0.0886. The van der Waals surface area contributed by atoms with Crippen molar-refractivity contribution in [2.24, 2.45) is 11.7 Å². The summed E-state index contributed by atoms with van der Waals surface area (Å²) in [5.41, 5.74) is 5.84. The normalized spacial score (nSPS) is 17.6. The molecule has 1 aromatic carbocycles. The third-order valence-corrected chi connectivity index (χ3v) is 3.72. The van der Waals surface area contributed by atoms with Crippen LogP contribution >= 0.6 is 0 Å². The molecule has 0 spiro atoms. The van der Waals surface area contributed by atoms with Gasteiger partial charge in [-0.1, -0.05) is 0 Å². The summed E-state index contributed by atoms with van der Waals surface area (Å²) in [5.74, 6) is -0.0577. The molecule has 0 amide bonds. The van der Waals surface area contributed by atoms with Gasteiger partial charge < -0.3 is 20.5 Å². The number of carboxylic acids is 1. The molecular formula is C14H20N2O3. The SMILES string of the molecule is COc1ccc(N(C)CC(N)(C(=O)O)C2CC2)cc1. The van der Waals surface area contributed by atoms with Crippen LogP contribution in [-0.2, 0) is 4.79 Å². The van der Waals surface area contributed by atoms with E-state index in [2.05, 4.69) is 0 Å². The highest BCUT2D eigenvalue weighted by Crippen LogP contribution is 2.39. The van der Waals surface area contributed by atoms with Crippen molar-refractivity contribution in [1.29, 1.82) is 0 Å². The molecule has 104 valence electrons. The van der Waals surface area contributed by atoms with E-state index < -0.39 is 11.5 Å². The molecule has 1 fully saturated rings. The molecule has 1 aliphatic carbocycles. The predicted octanol–water partition coefficient (Wildman–Crippen LogP) is 1.32. The Morgan fingerprint density at radius 3 is 2.47 bits per heavy atom. The Labute approximate surface area is 113 Å². The molecule has 1 aromatic rings. The van der Waals surface area contributed by atoms with E-state index in [-0.39, 0.29) is 5.92 Å². The van der Waals surface area contributed by atoms with Crippen molar-refractivity contribution < 1.29 is 14.6 Å². The second-order valence-electron chi connectivity index (χ2n) is 5.17. The average Bonchev–Trinajstić information content (AvgIpc) is 3.23. The average molecular weight is 264 g/mol. The number of aliphatic carboxylic acids is 1. The molecule has 5 heteroatoms. The Bertz CT molecular complexity index is 456. The van der Waals surface area contributed by atoms with Gasteiger partial charge in [-0.2, -0.15) is 0 Å². The molecule has 0 aliphatic heterocycles. The first-order chi connectivity index (χ1) is 8.97. The van der Waals surface area contributed by atoms with Crippen LogP contribution in [0.1, 0.15) is 12.8 Å². The van der Waals surface area contributed by atoms with E-state index in [1.807, 2.05) is 36.2 Å². The van der Waals surface area contributed by atoms with E-state index >= 15 is 0 Å². The summed E-state index contributed by atoms with van der Waals surface area (Å²) in [7, 11) is 3.47. The lowest BCUT2D eigenvalue weighted by atomic mass is 9.94. The summed E-state index contributed by atoms with van der Waals surface area (Å²) >= 11 is 0. The molecule has 0 radical (unpaired) electrons. The molecule has 0 aromatic heterocycles. The molecule has 0 bridgehead atoms. The van der Waals surface area contributed by atoms with Crippen molar-refractivity contribution in [3.63, 3.8) is 0 Å². The van der Waals surface area contributed by atoms with E-state index in [1.165, 1.54) is 0 Å². The zero-order chi connectivity index (χ0) is 14.0. The summed E-state index contributed by atoms with van der Waals surface area (Å²) in [6.45, 7) is 0.305. The molecule has 0 saturated heterocycles. The van der Waals surface area contributed by atoms with E-state index in [4.69, 9.17) is 10.5 Å². The summed E-state index contributed by atoms with van der Waals surface area (Å²) in [6.07, 6.45) is 1.80. The van der Waals surface area contributed by atoms with Crippen molar-refractivity contribution in [3.8, 4) is 5.75 Å². The topological polar surface area (TPSA) is 75.8 Å². The fourth-order valence-electron chi connectivity index (χ4n) is 2.29. The van der Waals surface area contributed by atoms with Crippen LogP contribution < -0.4 is 15.4 Å². The molecule has 1 atom stereocenters. The number of anilines is 1. The monoisotopic (exact) mass is 264 g/mol. The zero-order valence-corrected chi connectivity index (χ0v) is 11.3. The van der Waals surface area contributed by atoms with Gasteiger partial charge >= 0.3 is 5.97 Å². The molecule has 5 nitrogen and oxygen atoms in total. The van der Waals surface area contributed by atoms with E-state index in [0.29, 0.717) is 6.54 Å². The molecule has 1 aliphatic rings. The van der Waals surface area contributed by atoms with Gasteiger partial charge in [0.2, 0.25) is 0 Å². The van der Waals surface area contributed by atoms with Gasteiger partial charge in [-0.3, -0.25) is 4.79 Å². The Hall–Kier alpha value is -1.75. The molecule has 2 rings (SSSR count). The van der Waals surface area contributed by atoms with Crippen LogP contribution in [-0.4, -0.2) is 37.3 Å². The van der Waals surface area contributed by atoms with Crippen molar-refractivity contribution in [3.05, 3.63) is 24.3 Å². The number of methoxy groups -OCH3 is 1. The number of ether oxygens (including phenoxy) is 1. The number of benzene rings is 1. The fourth-order valence-corrected chi connectivity index (χ4v) is 2.29. The Morgan fingerprint density at radius 2 is 2.05 bits per heavy atom. The van der Waals surface area contributed by atoms with Crippen molar-refractivity contribution in [2.75, 3.05) is 25.6 Å². The number of rotatable bonds is 6. The van der Waals surface area contributed by atoms with Crippen molar-refractivity contribution in [2.45, 2.75) is 18.4 Å². The summed E-state index contributed by atoms with van der Waals surface area (Å²) in [4.78, 5) is 13.3. The van der Waals surface area contributed by atoms with Crippen LogP contribution in [0.25, 0.3) is 0 Å². The van der Waals surface area contributed by atoms with E-state index in [0.717, 1.165) is 24.3 Å². The maximum atomic E-state index is 11.4. The van der Waals surface area contributed by atoms with Gasteiger partial charge in [0.1, 0.15) is 11.3 Å². The largest absolute Gasteiger partial charge is 0.497 e. The van der Waals surface area contributed by atoms with Crippen LogP contribution in [0.3, 0.4) is 0 Å². The number of carboxylic acid groups (broad SMARTS) is 1. The van der Waals surface area contributed by atoms with Crippen LogP contribution in [0.4, 0.5) is 5.69 Å². The number of likely N-dealkylation sites (N-methyl/N-ethyl adjacent to an activating group) is 1. The van der Waals surface area contributed by atoms with Crippen molar-refractivity contribution in [1.82, 2.24) is 0 Å². The molecule has 3 N–H and O–H groups in total. The first-order valence-corrected chi connectivity index (χ1v) is 6.35. The number of carbonyl (C=O) groups is 1. The second kappa shape index (κ2) is 5.09. The quantitative estimate of drug-likeness (QED) is 0.810. The maximum Gasteiger partial charge on any atom is 0.325 e. The second-order valence-corrected chi connectivity index (χ2v) is 5.17. The molecular weight excluding hydrogens is 244 g/mol. The number of nitrogens with two attached hydrogens (primary N) is 1. The molecule has 1 unspecified atom stereocenters. The lowest BCUT2D eigenvalue weighted by molar-refractivity contribution is -0.143. The Kier molecular flexibility index (Phi) is 3.66. The zero-order valence-electron chi connectivity index (χ0n) is 11.3. The highest BCUT2D eigenvalue weighted by atomic mass is 16.5. The van der Waals surface area contributed by atoms with Gasteiger partial charge in [0, 0.05) is 19.3 Å². The van der Waals surface area contributed by atoms with Gasteiger partial charge in [0.25, 0.3) is 0 Å². The number of hydrogen-bond donors (Lipinski definition) is 2. The summed E-state index contributed by atoms with van der Waals surface area (Å²) in [5, 5.41) is 9.35. The fraction of sp³-hybridized carbons (Fsp3) is 0.500. The van der Waals surface area contributed by atoms with Gasteiger partial charge in [0.15, 0.2) is 0 Å². The first-order valence-electron chi connectivity index (χ1n) is 6.35. The minimum Gasteiger partial charge on any atom is -0.497 e.